The Hall–Kier alpha value is -3.95. The highest BCUT2D eigenvalue weighted by atomic mass is 32.7. The molecule has 7 rings (SSSR count). The van der Waals surface area contributed by atoms with E-state index in [2.05, 4.69) is 29.9 Å². The number of hydrogen-bond acceptors (Lipinski definition) is 23. The molecule has 340 valence electrons. The third-order valence-corrected chi connectivity index (χ3v) is 16.0. The Morgan fingerprint density at radius 3 is 1.73 bits per heavy atom. The number of ether oxygens (including phenoxy) is 4. The maximum atomic E-state index is 16.9. The Morgan fingerprint density at radius 2 is 1.24 bits per heavy atom. The summed E-state index contributed by atoms with van der Waals surface area (Å²) >= 11 is 0.742. The lowest BCUT2D eigenvalue weighted by atomic mass is 9.98. The fraction of sp³-hybridized carbons (Fsp3) is 0.625. The Balaban J connectivity index is 1.28. The van der Waals surface area contributed by atoms with Gasteiger partial charge in [-0.25, -0.2) is 23.5 Å². The lowest BCUT2D eigenvalue weighted by molar-refractivity contribution is -0.151. The number of carbonyl (C=O) groups excluding carboxylic acids is 2. The van der Waals surface area contributed by atoms with E-state index in [1.807, 2.05) is 0 Å². The van der Waals surface area contributed by atoms with E-state index >= 15 is 4.39 Å². The van der Waals surface area contributed by atoms with Crippen molar-refractivity contribution < 1.29 is 65.3 Å². The molecule has 0 saturated carbocycles. The molecule has 3 saturated heterocycles. The normalized spacial score (nSPS) is 31.0. The van der Waals surface area contributed by atoms with Crippen molar-refractivity contribution in [2.45, 2.75) is 90.7 Å². The van der Waals surface area contributed by atoms with Crippen molar-refractivity contribution in [1.82, 2.24) is 39.0 Å². The monoisotopic (exact) mass is 952 g/mol. The first-order valence-corrected chi connectivity index (χ1v) is 24.8. The molecule has 10 atom stereocenters. The molecule has 0 aromatic carbocycles. The molecule has 0 spiro atoms. The van der Waals surface area contributed by atoms with E-state index in [1.54, 1.807) is 41.5 Å². The first-order chi connectivity index (χ1) is 29.0. The number of aliphatic hydroxyl groups excluding tert-OH is 1. The Bertz CT molecular complexity index is 2580. The van der Waals surface area contributed by atoms with Crippen molar-refractivity contribution in [3.63, 3.8) is 0 Å². The Kier molecular flexibility index (Phi) is 12.8. The number of anilines is 2. The van der Waals surface area contributed by atoms with Gasteiger partial charge in [0.2, 0.25) is 11.9 Å². The number of nitrogens with two attached hydrogens (primary N) is 2. The molecular weight excluding hydrogens is 909 g/mol. The van der Waals surface area contributed by atoms with Gasteiger partial charge < -0.3 is 35.5 Å². The summed E-state index contributed by atoms with van der Waals surface area (Å²) in [6.07, 6.45) is -11.9. The molecule has 0 radical (unpaired) electrons. The average Bonchev–Trinajstić information content (AvgIpc) is 3.93. The van der Waals surface area contributed by atoms with Gasteiger partial charge in [0.15, 0.2) is 41.0 Å². The molecular formula is C32H43FN10O15P2S2. The van der Waals surface area contributed by atoms with Crippen molar-refractivity contribution in [3.05, 3.63) is 33.4 Å². The van der Waals surface area contributed by atoms with Crippen LogP contribution < -0.4 is 22.6 Å². The molecule has 62 heavy (non-hydrogen) atoms. The molecule has 30 heteroatoms. The summed E-state index contributed by atoms with van der Waals surface area (Å²) < 4.78 is 95.4. The van der Waals surface area contributed by atoms with E-state index in [-0.39, 0.29) is 34.2 Å². The number of alkyl halides is 1. The second-order valence-corrected chi connectivity index (χ2v) is 24.0. The smallest absolute Gasteiger partial charge is 0.392 e. The molecule has 3 aliphatic rings. The van der Waals surface area contributed by atoms with Crippen molar-refractivity contribution in [1.29, 1.82) is 0 Å². The van der Waals surface area contributed by atoms with Gasteiger partial charge in [0.1, 0.15) is 42.4 Å². The number of nitrogens with zero attached hydrogens (tertiary/aromatic N) is 6. The fourth-order valence-electron chi connectivity index (χ4n) is 6.18. The van der Waals surface area contributed by atoms with Crippen molar-refractivity contribution in [2.75, 3.05) is 36.6 Å². The van der Waals surface area contributed by atoms with Crippen LogP contribution in [0.1, 0.15) is 54.0 Å². The van der Waals surface area contributed by atoms with Crippen LogP contribution in [-0.4, -0.2) is 118 Å². The highest BCUT2D eigenvalue weighted by molar-refractivity contribution is 8.55. The van der Waals surface area contributed by atoms with E-state index < -0.39 is 122 Å². The van der Waals surface area contributed by atoms with Gasteiger partial charge in [-0.15, -0.1) is 0 Å². The topological polar surface area (TPSA) is 342 Å². The molecule has 3 aliphatic heterocycles. The number of rotatable bonds is 8. The van der Waals surface area contributed by atoms with Gasteiger partial charge in [0.05, 0.1) is 36.7 Å². The molecule has 7 N–H and O–H groups in total. The van der Waals surface area contributed by atoms with Crippen LogP contribution in [0.5, 0.6) is 0 Å². The molecule has 7 heterocycles. The van der Waals surface area contributed by atoms with E-state index in [0.717, 1.165) is 17.2 Å². The fourth-order valence-corrected chi connectivity index (χ4v) is 11.7. The molecule has 2 bridgehead atoms. The van der Waals surface area contributed by atoms with Crippen molar-refractivity contribution in [3.8, 4) is 0 Å². The number of fused-ring (bicyclic) bond motifs is 5. The third-order valence-electron chi connectivity index (χ3n) is 9.35. The number of halogens is 1. The molecule has 0 amide bonds. The quantitative estimate of drug-likeness (QED) is 0.0962. The summed E-state index contributed by atoms with van der Waals surface area (Å²) in [4.78, 5) is 71.5. The van der Waals surface area contributed by atoms with Gasteiger partial charge in [-0.2, -0.15) is 9.97 Å². The molecule has 25 nitrogen and oxygen atoms in total. The van der Waals surface area contributed by atoms with Crippen LogP contribution in [0.15, 0.2) is 22.2 Å². The van der Waals surface area contributed by atoms with E-state index in [9.17, 15) is 33.4 Å². The largest absolute Gasteiger partial charge is 0.454 e. The number of nitrogen functional groups attached to an aromatic ring is 2. The number of aromatic amines is 2. The summed E-state index contributed by atoms with van der Waals surface area (Å²) in [5.74, 6) is -3.23. The van der Waals surface area contributed by atoms with Crippen LogP contribution in [-0.2, 0) is 55.8 Å². The minimum Gasteiger partial charge on any atom is -0.454 e. The lowest BCUT2D eigenvalue weighted by Crippen LogP contribution is -2.35. The van der Waals surface area contributed by atoms with Gasteiger partial charge in [-0.3, -0.25) is 56.4 Å². The second-order valence-electron chi connectivity index (χ2n) is 16.1. The van der Waals surface area contributed by atoms with Crippen LogP contribution >= 0.6 is 36.4 Å². The minimum atomic E-state index is -4.74. The van der Waals surface area contributed by atoms with Gasteiger partial charge in [0, 0.05) is 22.8 Å². The number of esters is 2. The summed E-state index contributed by atoms with van der Waals surface area (Å²) in [6, 6.07) is 0. The zero-order valence-corrected chi connectivity index (χ0v) is 37.1. The zero-order valence-electron chi connectivity index (χ0n) is 33.7. The van der Waals surface area contributed by atoms with Gasteiger partial charge >= 0.3 is 25.5 Å². The van der Waals surface area contributed by atoms with E-state index in [1.165, 1.54) is 4.57 Å². The Labute approximate surface area is 357 Å². The average molecular weight is 953 g/mol. The maximum Gasteiger partial charge on any atom is 0.392 e. The number of carbonyl (C=O) groups is 2. The van der Waals surface area contributed by atoms with Crippen LogP contribution in [0.2, 0.25) is 0 Å². The number of aromatic nitrogens is 8. The predicted molar refractivity (Wildman–Crippen MR) is 217 cm³/mol. The number of H-pyrrole nitrogens is 2. The summed E-state index contributed by atoms with van der Waals surface area (Å²) in [7, 11) is 0. The molecule has 4 aromatic heterocycles. The zero-order chi connectivity index (χ0) is 45.1. The number of hydrogen-bond donors (Lipinski definition) is 5. The number of imidazole rings is 2. The highest BCUT2D eigenvalue weighted by Crippen LogP contribution is 2.66. The Morgan fingerprint density at radius 1 is 0.806 bits per heavy atom. The van der Waals surface area contributed by atoms with Crippen molar-refractivity contribution >= 4 is 82.5 Å². The van der Waals surface area contributed by atoms with Gasteiger partial charge in [-0.1, -0.05) is 0 Å². The third kappa shape index (κ3) is 9.45. The lowest BCUT2D eigenvalue weighted by Gasteiger charge is -2.28. The summed E-state index contributed by atoms with van der Waals surface area (Å²) in [5, 5.41) is 11.8. The minimum absolute atomic E-state index is 0.139. The van der Waals surface area contributed by atoms with E-state index in [4.69, 9.17) is 48.5 Å². The molecule has 4 unspecified atom stereocenters. The second kappa shape index (κ2) is 17.2. The van der Waals surface area contributed by atoms with Crippen LogP contribution in [0.3, 0.4) is 0 Å². The van der Waals surface area contributed by atoms with Crippen LogP contribution in [0.25, 0.3) is 22.3 Å². The first kappa shape index (κ1) is 46.1. The summed E-state index contributed by atoms with van der Waals surface area (Å²) in [5.41, 5.74) is 7.42. The molecule has 3 fully saturated rings. The van der Waals surface area contributed by atoms with Gasteiger partial charge in [-0.05, 0) is 41.5 Å². The highest BCUT2D eigenvalue weighted by Gasteiger charge is 2.55. The molecule has 0 aliphatic carbocycles. The molecule has 4 aromatic rings. The predicted octanol–water partition coefficient (Wildman–Crippen LogP) is 2.50. The van der Waals surface area contributed by atoms with Gasteiger partial charge in [0.25, 0.3) is 11.1 Å². The number of nitrogens with one attached hydrogen (secondary N) is 2. The SMILES string of the molecule is CC(C)(C)C(=O)OCSP1(=O)OC[C@H]2O[C@@H](n3cnc4c(=O)[nH]c(N)nc43)[C@@H](OP(=O)(SCOC(=O)C(C)(C)C)OC[C@H]3O[C@@H](n4cnc5c(=O)[nH]c(N)nc54)[C@@H](F)C3O1)C2O. The van der Waals surface area contributed by atoms with Crippen LogP contribution in [0.4, 0.5) is 16.3 Å². The standard InChI is InChI=1S/C32H43FN10O15P2S2/c1-31(2,3)27(47)51-11-61-59(49)53-7-13-18(44)20(26(55-13)43-10-37-17-22(43)39-30(35)41-24(17)46)58-60(50,62-12-52-28(48)32(4,5)6)54-8-14-19(57-59)15(33)25(56-14)42-9-36-16-21(42)38-29(34)40-23(16)45/h9-10,13-15,18-20,25-26,44H,7-8,11-12H2,1-6H3,(H3,34,38,40,45)(H3,35,39,41,46)/t13-,14-,15+,18?,19?,20+,25-,26-,59?,60?/m1/s1. The first-order valence-electron chi connectivity index (χ1n) is 18.5. The van der Waals surface area contributed by atoms with E-state index in [0.29, 0.717) is 22.8 Å². The number of aliphatic hydroxyl groups is 1. The summed E-state index contributed by atoms with van der Waals surface area (Å²) in [6.45, 7) is -1.60. The van der Waals surface area contributed by atoms with Crippen LogP contribution in [0, 0.1) is 10.8 Å². The maximum absolute atomic E-state index is 16.9. The van der Waals surface area contributed by atoms with Crippen molar-refractivity contribution in [2.24, 2.45) is 10.8 Å².